The number of aryl methyl sites for hydroxylation is 1. The Morgan fingerprint density at radius 3 is 2.94 bits per heavy atom. The van der Waals surface area contributed by atoms with Gasteiger partial charge in [0.2, 0.25) is 0 Å². The topological polar surface area (TPSA) is 82.8 Å². The molecule has 4 N–H and O–H groups in total. The molecule has 2 heterocycles. The summed E-state index contributed by atoms with van der Waals surface area (Å²) in [6.07, 6.45) is 6.04. The van der Waals surface area contributed by atoms with Crippen LogP contribution in [0.4, 0.5) is 5.82 Å². The lowest BCUT2D eigenvalue weighted by atomic mass is 10.0. The predicted octanol–water partition coefficient (Wildman–Crippen LogP) is 0.640. The first kappa shape index (κ1) is 10.6. The zero-order chi connectivity index (χ0) is 11.5. The van der Waals surface area contributed by atoms with Gasteiger partial charge in [0.15, 0.2) is 0 Å². The molecule has 0 saturated carbocycles. The second-order valence-electron chi connectivity index (χ2n) is 3.81. The fourth-order valence-corrected chi connectivity index (χ4v) is 1.61. The molecule has 0 aliphatic heterocycles. The van der Waals surface area contributed by atoms with Crippen LogP contribution in [0.3, 0.4) is 0 Å². The molecule has 0 aliphatic carbocycles. The fraction of sp³-hybridized carbons (Fsp3) is 0.273. The minimum Gasteiger partial charge on any atom is -0.383 e. The van der Waals surface area contributed by atoms with Crippen molar-refractivity contribution in [3.05, 3.63) is 41.9 Å². The van der Waals surface area contributed by atoms with Gasteiger partial charge in [-0.3, -0.25) is 4.68 Å². The van der Waals surface area contributed by atoms with Crippen LogP contribution in [0.25, 0.3) is 0 Å². The van der Waals surface area contributed by atoms with Crippen molar-refractivity contribution in [2.24, 2.45) is 12.8 Å². The van der Waals surface area contributed by atoms with Crippen molar-refractivity contribution in [2.45, 2.75) is 12.5 Å². The molecular formula is C11H15N5. The van der Waals surface area contributed by atoms with E-state index in [0.29, 0.717) is 12.2 Å². The van der Waals surface area contributed by atoms with Crippen molar-refractivity contribution >= 4 is 5.82 Å². The molecule has 0 aliphatic rings. The molecule has 1 unspecified atom stereocenters. The van der Waals surface area contributed by atoms with Crippen molar-refractivity contribution in [1.82, 2.24) is 14.8 Å². The van der Waals surface area contributed by atoms with Crippen molar-refractivity contribution in [3.63, 3.8) is 0 Å². The number of hydrogen-bond donors (Lipinski definition) is 2. The van der Waals surface area contributed by atoms with E-state index in [0.717, 1.165) is 11.1 Å². The van der Waals surface area contributed by atoms with Gasteiger partial charge in [0.1, 0.15) is 5.82 Å². The quantitative estimate of drug-likeness (QED) is 0.790. The number of pyridine rings is 1. The van der Waals surface area contributed by atoms with Crippen molar-refractivity contribution in [3.8, 4) is 0 Å². The maximum absolute atomic E-state index is 6.07. The molecule has 0 fully saturated rings. The Hall–Kier alpha value is -1.88. The highest BCUT2D eigenvalue weighted by atomic mass is 15.2. The molecule has 0 spiro atoms. The second kappa shape index (κ2) is 4.32. The third-order valence-electron chi connectivity index (χ3n) is 2.52. The summed E-state index contributed by atoms with van der Waals surface area (Å²) in [7, 11) is 1.87. The standard InChI is InChI=1S/C11H15N5/c1-16-7-9(6-15-16)10(12)5-8-3-2-4-14-11(8)13/h2-4,6-7,10H,5,12H2,1H3,(H2,13,14). The van der Waals surface area contributed by atoms with E-state index in [2.05, 4.69) is 10.1 Å². The Morgan fingerprint density at radius 1 is 1.50 bits per heavy atom. The molecule has 2 aromatic heterocycles. The van der Waals surface area contributed by atoms with Crippen LogP contribution in [0.1, 0.15) is 17.2 Å². The number of nitrogens with zero attached hydrogens (tertiary/aromatic N) is 3. The second-order valence-corrected chi connectivity index (χ2v) is 3.81. The van der Waals surface area contributed by atoms with Crippen LogP contribution in [0, 0.1) is 0 Å². The lowest BCUT2D eigenvalue weighted by molar-refractivity contribution is 0.717. The number of hydrogen-bond acceptors (Lipinski definition) is 4. The van der Waals surface area contributed by atoms with Gasteiger partial charge in [0.05, 0.1) is 6.20 Å². The third-order valence-corrected chi connectivity index (χ3v) is 2.52. The molecule has 5 nitrogen and oxygen atoms in total. The van der Waals surface area contributed by atoms with Crippen molar-refractivity contribution in [2.75, 3.05) is 5.73 Å². The highest BCUT2D eigenvalue weighted by Gasteiger charge is 2.10. The molecule has 2 rings (SSSR count). The molecular weight excluding hydrogens is 202 g/mol. The Bertz CT molecular complexity index is 477. The van der Waals surface area contributed by atoms with Crippen LogP contribution in [0.5, 0.6) is 0 Å². The van der Waals surface area contributed by atoms with Crippen molar-refractivity contribution in [1.29, 1.82) is 0 Å². The molecule has 1 atom stereocenters. The highest BCUT2D eigenvalue weighted by Crippen LogP contribution is 2.17. The van der Waals surface area contributed by atoms with Crippen LogP contribution in [-0.4, -0.2) is 14.8 Å². The minimum atomic E-state index is -0.0970. The zero-order valence-electron chi connectivity index (χ0n) is 9.17. The Kier molecular flexibility index (Phi) is 2.87. The number of nitrogen functional groups attached to an aromatic ring is 1. The summed E-state index contributed by atoms with van der Waals surface area (Å²) in [6, 6.07) is 3.71. The summed E-state index contributed by atoms with van der Waals surface area (Å²) in [5.74, 6) is 0.543. The van der Waals surface area contributed by atoms with E-state index >= 15 is 0 Å². The molecule has 0 saturated heterocycles. The number of aromatic nitrogens is 3. The number of nitrogens with two attached hydrogens (primary N) is 2. The average Bonchev–Trinajstić information content (AvgIpc) is 2.68. The number of rotatable bonds is 3. The maximum atomic E-state index is 6.07. The van der Waals surface area contributed by atoms with E-state index in [1.807, 2.05) is 25.4 Å². The molecule has 0 amide bonds. The summed E-state index contributed by atoms with van der Waals surface area (Å²) in [6.45, 7) is 0. The van der Waals surface area contributed by atoms with Crippen LogP contribution >= 0.6 is 0 Å². The Balaban J connectivity index is 2.13. The predicted molar refractivity (Wildman–Crippen MR) is 62.5 cm³/mol. The van der Waals surface area contributed by atoms with Gasteiger partial charge >= 0.3 is 0 Å². The van der Waals surface area contributed by atoms with Gasteiger partial charge in [-0.1, -0.05) is 6.07 Å². The largest absolute Gasteiger partial charge is 0.383 e. The lowest BCUT2D eigenvalue weighted by Crippen LogP contribution is -2.14. The summed E-state index contributed by atoms with van der Waals surface area (Å²) in [4.78, 5) is 4.03. The van der Waals surface area contributed by atoms with Gasteiger partial charge in [0.25, 0.3) is 0 Å². The average molecular weight is 217 g/mol. The molecule has 0 aromatic carbocycles. The molecule has 5 heteroatoms. The van der Waals surface area contributed by atoms with Crippen LogP contribution < -0.4 is 11.5 Å². The molecule has 84 valence electrons. The van der Waals surface area contributed by atoms with E-state index in [9.17, 15) is 0 Å². The monoisotopic (exact) mass is 217 g/mol. The molecule has 0 bridgehead atoms. The van der Waals surface area contributed by atoms with Gasteiger partial charge in [-0.25, -0.2) is 4.98 Å². The first-order chi connectivity index (χ1) is 7.66. The Labute approximate surface area is 94.1 Å². The number of anilines is 1. The van der Waals surface area contributed by atoms with E-state index in [1.54, 1.807) is 17.1 Å². The first-order valence-corrected chi connectivity index (χ1v) is 5.10. The van der Waals surface area contributed by atoms with Crippen LogP contribution in [0.15, 0.2) is 30.7 Å². The molecule has 0 radical (unpaired) electrons. The SMILES string of the molecule is Cn1cc(C(N)Cc2cccnc2N)cn1. The Morgan fingerprint density at radius 2 is 2.31 bits per heavy atom. The normalized spacial score (nSPS) is 12.6. The zero-order valence-corrected chi connectivity index (χ0v) is 9.17. The first-order valence-electron chi connectivity index (χ1n) is 5.10. The molecule has 2 aromatic rings. The minimum absolute atomic E-state index is 0.0970. The third kappa shape index (κ3) is 2.20. The summed E-state index contributed by atoms with van der Waals surface area (Å²) >= 11 is 0. The fourth-order valence-electron chi connectivity index (χ4n) is 1.61. The van der Waals surface area contributed by atoms with E-state index < -0.39 is 0 Å². The van der Waals surface area contributed by atoms with Crippen LogP contribution in [-0.2, 0) is 13.5 Å². The van der Waals surface area contributed by atoms with E-state index in [1.165, 1.54) is 0 Å². The molecule has 16 heavy (non-hydrogen) atoms. The van der Waals surface area contributed by atoms with E-state index in [4.69, 9.17) is 11.5 Å². The summed E-state index contributed by atoms with van der Waals surface area (Å²) < 4.78 is 1.74. The highest BCUT2D eigenvalue weighted by molar-refractivity contribution is 5.39. The van der Waals surface area contributed by atoms with Crippen molar-refractivity contribution < 1.29 is 0 Å². The summed E-state index contributed by atoms with van der Waals surface area (Å²) in [5, 5.41) is 4.09. The smallest absolute Gasteiger partial charge is 0.126 e. The van der Waals surface area contributed by atoms with Crippen LogP contribution in [0.2, 0.25) is 0 Å². The van der Waals surface area contributed by atoms with Gasteiger partial charge in [0, 0.05) is 31.0 Å². The van der Waals surface area contributed by atoms with Gasteiger partial charge in [-0.2, -0.15) is 5.10 Å². The lowest BCUT2D eigenvalue weighted by Gasteiger charge is -2.10. The van der Waals surface area contributed by atoms with Gasteiger partial charge in [-0.15, -0.1) is 0 Å². The van der Waals surface area contributed by atoms with Gasteiger partial charge < -0.3 is 11.5 Å². The summed E-state index contributed by atoms with van der Waals surface area (Å²) in [5.41, 5.74) is 13.8. The maximum Gasteiger partial charge on any atom is 0.126 e. The van der Waals surface area contributed by atoms with Gasteiger partial charge in [-0.05, 0) is 18.1 Å². The van der Waals surface area contributed by atoms with E-state index in [-0.39, 0.29) is 6.04 Å².